The van der Waals surface area contributed by atoms with E-state index in [2.05, 4.69) is 10.6 Å². The van der Waals surface area contributed by atoms with Crippen LogP contribution in [0, 0.1) is 5.92 Å². The van der Waals surface area contributed by atoms with Gasteiger partial charge in [-0.05, 0) is 19.3 Å². The van der Waals surface area contributed by atoms with Crippen LogP contribution in [-0.4, -0.2) is 75.8 Å². The molecule has 160 valence electrons. The van der Waals surface area contributed by atoms with Gasteiger partial charge >= 0.3 is 11.9 Å². The highest BCUT2D eigenvalue weighted by atomic mass is 16.4. The molecule has 0 aliphatic carbocycles. The summed E-state index contributed by atoms with van der Waals surface area (Å²) >= 11 is 0. The molecule has 12 nitrogen and oxygen atoms in total. The molecule has 4 unspecified atom stereocenters. The van der Waals surface area contributed by atoms with Crippen molar-refractivity contribution in [2.75, 3.05) is 6.54 Å². The summed E-state index contributed by atoms with van der Waals surface area (Å²) in [5, 5.41) is 33.8. The molecule has 0 bridgehead atoms. The van der Waals surface area contributed by atoms with Crippen molar-refractivity contribution in [1.82, 2.24) is 16.0 Å². The van der Waals surface area contributed by atoms with Crippen molar-refractivity contribution in [3.8, 4) is 0 Å². The molecule has 0 spiro atoms. The summed E-state index contributed by atoms with van der Waals surface area (Å²) in [6, 6.07) is -3.85. The first-order valence-electron chi connectivity index (χ1n) is 8.62. The number of carboxylic acids is 2. The number of aliphatic hydroxyl groups is 1. The summed E-state index contributed by atoms with van der Waals surface area (Å²) in [5.41, 5.74) is 5.64. The number of amides is 3. The zero-order valence-corrected chi connectivity index (χ0v) is 16.0. The molecule has 0 radical (unpaired) electrons. The van der Waals surface area contributed by atoms with Gasteiger partial charge in [-0.15, -0.1) is 0 Å². The zero-order valence-electron chi connectivity index (χ0n) is 16.0. The fraction of sp³-hybridized carbons (Fsp3) is 0.688. The van der Waals surface area contributed by atoms with E-state index in [1.54, 1.807) is 13.8 Å². The molecule has 8 N–H and O–H groups in total. The minimum atomic E-state index is -1.64. The van der Waals surface area contributed by atoms with Crippen molar-refractivity contribution in [2.45, 2.75) is 57.8 Å². The number of nitrogens with two attached hydrogens (primary N) is 1. The topological polar surface area (TPSA) is 208 Å². The number of rotatable bonds is 12. The van der Waals surface area contributed by atoms with Crippen LogP contribution in [0.15, 0.2) is 0 Å². The minimum absolute atomic E-state index is 0.162. The van der Waals surface area contributed by atoms with Gasteiger partial charge in [0.25, 0.3) is 0 Å². The fourth-order valence-electron chi connectivity index (χ4n) is 2.01. The molecular weight excluding hydrogens is 376 g/mol. The van der Waals surface area contributed by atoms with Crippen LogP contribution in [0.25, 0.3) is 0 Å². The van der Waals surface area contributed by atoms with Crippen LogP contribution in [0.1, 0.15) is 33.6 Å². The lowest BCUT2D eigenvalue weighted by Crippen LogP contribution is -2.56. The second kappa shape index (κ2) is 11.9. The number of hydrogen-bond donors (Lipinski definition) is 7. The lowest BCUT2D eigenvalue weighted by molar-refractivity contribution is -0.145. The van der Waals surface area contributed by atoms with Crippen LogP contribution in [0.2, 0.25) is 0 Å². The van der Waals surface area contributed by atoms with Crippen LogP contribution in [0.4, 0.5) is 0 Å². The maximum atomic E-state index is 12.2. The van der Waals surface area contributed by atoms with E-state index in [4.69, 9.17) is 15.9 Å². The third-order valence-corrected chi connectivity index (χ3v) is 3.79. The first kappa shape index (κ1) is 25.3. The van der Waals surface area contributed by atoms with E-state index in [0.29, 0.717) is 0 Å². The molecule has 0 saturated carbocycles. The van der Waals surface area contributed by atoms with E-state index in [9.17, 15) is 29.1 Å². The molecule has 0 aromatic carbocycles. The molecule has 12 heteroatoms. The van der Waals surface area contributed by atoms with Gasteiger partial charge in [-0.2, -0.15) is 0 Å². The Morgan fingerprint density at radius 2 is 1.54 bits per heavy atom. The Labute approximate surface area is 161 Å². The second-order valence-electron chi connectivity index (χ2n) is 6.61. The number of hydrogen-bond acceptors (Lipinski definition) is 7. The predicted octanol–water partition coefficient (Wildman–Crippen LogP) is -2.61. The minimum Gasteiger partial charge on any atom is -0.481 e. The van der Waals surface area contributed by atoms with Crippen molar-refractivity contribution in [3.05, 3.63) is 0 Å². The number of carbonyl (C=O) groups excluding carboxylic acids is 3. The molecule has 0 fully saturated rings. The van der Waals surface area contributed by atoms with Gasteiger partial charge in [0.2, 0.25) is 17.7 Å². The van der Waals surface area contributed by atoms with Crippen LogP contribution < -0.4 is 21.7 Å². The summed E-state index contributed by atoms with van der Waals surface area (Å²) in [6.45, 7) is 4.08. The lowest BCUT2D eigenvalue weighted by atomic mass is 10.1. The highest BCUT2D eigenvalue weighted by Crippen LogP contribution is 2.02. The van der Waals surface area contributed by atoms with Gasteiger partial charge < -0.3 is 37.0 Å². The maximum absolute atomic E-state index is 12.2. The first-order valence-corrected chi connectivity index (χ1v) is 8.62. The smallest absolute Gasteiger partial charge is 0.328 e. The van der Waals surface area contributed by atoms with E-state index >= 15 is 0 Å². The normalized spacial score (nSPS) is 15.1. The Hall–Kier alpha value is -2.73. The predicted molar refractivity (Wildman–Crippen MR) is 95.9 cm³/mol. The third-order valence-electron chi connectivity index (χ3n) is 3.79. The number of aliphatic carboxylic acids is 2. The average Bonchev–Trinajstić information content (AvgIpc) is 2.59. The average molecular weight is 404 g/mol. The van der Waals surface area contributed by atoms with E-state index in [0.717, 1.165) is 6.92 Å². The Morgan fingerprint density at radius 3 is 1.96 bits per heavy atom. The first-order chi connectivity index (χ1) is 12.9. The number of carbonyl (C=O) groups is 5. The summed E-state index contributed by atoms with van der Waals surface area (Å²) in [7, 11) is 0. The highest BCUT2D eigenvalue weighted by Gasteiger charge is 2.30. The summed E-state index contributed by atoms with van der Waals surface area (Å²) in [6.07, 6.45) is -2.22. The SMILES string of the molecule is CC(C)C(N)C(=O)NCC(=O)NC(CCC(=O)O)C(=O)NC(C(=O)O)C(C)O. The van der Waals surface area contributed by atoms with Gasteiger partial charge in [-0.25, -0.2) is 4.79 Å². The molecular formula is C16H28N4O8. The maximum Gasteiger partial charge on any atom is 0.328 e. The number of carboxylic acid groups (broad SMARTS) is 2. The molecule has 0 aromatic rings. The van der Waals surface area contributed by atoms with Crippen molar-refractivity contribution in [1.29, 1.82) is 0 Å². The monoisotopic (exact) mass is 404 g/mol. The second-order valence-corrected chi connectivity index (χ2v) is 6.61. The fourth-order valence-corrected chi connectivity index (χ4v) is 2.01. The standard InChI is InChI=1S/C16H28N4O8/c1-7(2)12(17)15(26)18-6-10(22)19-9(4-5-11(23)24)14(25)20-13(8(3)21)16(27)28/h7-9,12-13,21H,4-6,17H2,1-3H3,(H,18,26)(H,19,22)(H,20,25)(H,23,24)(H,27,28). The Kier molecular flexibility index (Phi) is 10.7. The van der Waals surface area contributed by atoms with Gasteiger partial charge in [0, 0.05) is 6.42 Å². The Bertz CT molecular complexity index is 593. The lowest BCUT2D eigenvalue weighted by Gasteiger charge is -2.22. The van der Waals surface area contributed by atoms with Gasteiger partial charge in [-0.1, -0.05) is 13.8 Å². The van der Waals surface area contributed by atoms with Gasteiger partial charge in [0.05, 0.1) is 18.7 Å². The molecule has 0 saturated heterocycles. The molecule has 28 heavy (non-hydrogen) atoms. The summed E-state index contributed by atoms with van der Waals surface area (Å²) in [5.74, 6) is -5.23. The van der Waals surface area contributed by atoms with Crippen molar-refractivity contribution < 1.29 is 39.3 Å². The largest absolute Gasteiger partial charge is 0.481 e. The van der Waals surface area contributed by atoms with E-state index in [1.807, 2.05) is 5.32 Å². The third kappa shape index (κ3) is 9.28. The van der Waals surface area contributed by atoms with Crippen LogP contribution in [0.5, 0.6) is 0 Å². The van der Waals surface area contributed by atoms with E-state index in [1.165, 1.54) is 0 Å². The molecule has 0 aliphatic rings. The van der Waals surface area contributed by atoms with Gasteiger partial charge in [-0.3, -0.25) is 19.2 Å². The van der Waals surface area contributed by atoms with Crippen LogP contribution in [0.3, 0.4) is 0 Å². The molecule has 4 atom stereocenters. The van der Waals surface area contributed by atoms with Crippen molar-refractivity contribution in [3.63, 3.8) is 0 Å². The zero-order chi connectivity index (χ0) is 22.0. The molecule has 3 amide bonds. The molecule has 0 rings (SSSR count). The number of nitrogens with one attached hydrogen (secondary N) is 3. The molecule has 0 heterocycles. The number of aliphatic hydroxyl groups excluding tert-OH is 1. The van der Waals surface area contributed by atoms with Gasteiger partial charge in [0.15, 0.2) is 6.04 Å². The summed E-state index contributed by atoms with van der Waals surface area (Å²) in [4.78, 5) is 57.8. The van der Waals surface area contributed by atoms with Crippen LogP contribution >= 0.6 is 0 Å². The van der Waals surface area contributed by atoms with Crippen LogP contribution in [-0.2, 0) is 24.0 Å². The van der Waals surface area contributed by atoms with Crippen molar-refractivity contribution in [2.24, 2.45) is 11.7 Å². The Morgan fingerprint density at radius 1 is 0.964 bits per heavy atom. The quantitative estimate of drug-likeness (QED) is 0.181. The highest BCUT2D eigenvalue weighted by molar-refractivity contribution is 5.92. The molecule has 0 aromatic heterocycles. The Balaban J connectivity index is 4.97. The van der Waals surface area contributed by atoms with Crippen molar-refractivity contribution >= 4 is 29.7 Å². The molecule has 0 aliphatic heterocycles. The van der Waals surface area contributed by atoms with E-state index in [-0.39, 0.29) is 12.3 Å². The summed E-state index contributed by atoms with van der Waals surface area (Å²) < 4.78 is 0. The van der Waals surface area contributed by atoms with E-state index < -0.39 is 66.9 Å². The van der Waals surface area contributed by atoms with Gasteiger partial charge in [0.1, 0.15) is 6.04 Å².